The third-order valence-corrected chi connectivity index (χ3v) is 4.63. The van der Waals surface area contributed by atoms with Crippen LogP contribution in [-0.4, -0.2) is 48.8 Å². The second-order valence-corrected chi connectivity index (χ2v) is 5.84. The number of likely N-dealkylation sites (N-methyl/N-ethyl adjacent to an activating group) is 1. The zero-order valence-electron chi connectivity index (χ0n) is 14.6. The van der Waals surface area contributed by atoms with E-state index in [4.69, 9.17) is 9.47 Å². The predicted octanol–water partition coefficient (Wildman–Crippen LogP) is -0.922. The molecule has 0 amide bonds. The largest absolute Gasteiger partial charge is 1.00 e. The molecule has 0 aromatic heterocycles. The minimum absolute atomic E-state index is 0. The lowest BCUT2D eigenvalue weighted by Crippen LogP contribution is -3.00. The Kier molecular flexibility index (Phi) is 7.90. The SMILES string of the molecule is CCOC(=O)C(C(=O)OCC)[N+]1(CC)CCc2ccccc2C1.[Br-]. The molecule has 1 aromatic carbocycles. The van der Waals surface area contributed by atoms with Gasteiger partial charge in [-0.25, -0.2) is 9.59 Å². The topological polar surface area (TPSA) is 52.6 Å². The van der Waals surface area contributed by atoms with Crippen molar-refractivity contribution in [2.45, 2.75) is 39.8 Å². The number of fused-ring (bicyclic) bond motifs is 1. The molecule has 134 valence electrons. The highest BCUT2D eigenvalue weighted by Crippen LogP contribution is 2.29. The summed E-state index contributed by atoms with van der Waals surface area (Å²) in [5, 5.41) is 0. The van der Waals surface area contributed by atoms with Gasteiger partial charge in [0.1, 0.15) is 6.54 Å². The Labute approximate surface area is 154 Å². The first-order valence-electron chi connectivity index (χ1n) is 8.33. The predicted molar refractivity (Wildman–Crippen MR) is 86.6 cm³/mol. The van der Waals surface area contributed by atoms with E-state index in [1.807, 2.05) is 19.1 Å². The average molecular weight is 400 g/mol. The first-order valence-corrected chi connectivity index (χ1v) is 8.33. The Balaban J connectivity index is 0.00000288. The number of halogens is 1. The fourth-order valence-electron chi connectivity index (χ4n) is 3.38. The van der Waals surface area contributed by atoms with Crippen molar-refractivity contribution in [1.82, 2.24) is 0 Å². The number of hydrogen-bond acceptors (Lipinski definition) is 4. The third-order valence-electron chi connectivity index (χ3n) is 4.63. The van der Waals surface area contributed by atoms with Crippen molar-refractivity contribution >= 4 is 11.9 Å². The van der Waals surface area contributed by atoms with Crippen LogP contribution < -0.4 is 17.0 Å². The van der Waals surface area contributed by atoms with Crippen LogP contribution in [0.4, 0.5) is 0 Å². The summed E-state index contributed by atoms with van der Waals surface area (Å²) >= 11 is 0. The molecule has 1 aliphatic rings. The van der Waals surface area contributed by atoms with Crippen LogP contribution in [0.25, 0.3) is 0 Å². The van der Waals surface area contributed by atoms with Crippen molar-refractivity contribution in [3.05, 3.63) is 35.4 Å². The number of carbonyl (C=O) groups excluding carboxylic acids is 2. The molecular formula is C18H26BrNO4. The van der Waals surface area contributed by atoms with Crippen molar-refractivity contribution in [1.29, 1.82) is 0 Å². The lowest BCUT2D eigenvalue weighted by Gasteiger charge is -2.44. The Hall–Kier alpha value is -1.40. The summed E-state index contributed by atoms with van der Waals surface area (Å²) in [6.07, 6.45) is 0.847. The van der Waals surface area contributed by atoms with Crippen molar-refractivity contribution in [3.8, 4) is 0 Å². The second kappa shape index (κ2) is 9.18. The van der Waals surface area contributed by atoms with E-state index in [9.17, 15) is 9.59 Å². The molecule has 0 bridgehead atoms. The third kappa shape index (κ3) is 4.16. The van der Waals surface area contributed by atoms with E-state index >= 15 is 0 Å². The molecule has 24 heavy (non-hydrogen) atoms. The summed E-state index contributed by atoms with van der Waals surface area (Å²) in [7, 11) is 0. The molecule has 0 N–H and O–H groups in total. The number of benzene rings is 1. The second-order valence-electron chi connectivity index (χ2n) is 5.84. The monoisotopic (exact) mass is 399 g/mol. The van der Waals surface area contributed by atoms with Crippen LogP contribution in [-0.2, 0) is 32.0 Å². The number of hydrogen-bond donors (Lipinski definition) is 0. The fourth-order valence-corrected chi connectivity index (χ4v) is 3.38. The molecule has 1 heterocycles. The van der Waals surface area contributed by atoms with Crippen molar-refractivity contribution in [2.75, 3.05) is 26.3 Å². The van der Waals surface area contributed by atoms with Gasteiger partial charge in [-0.3, -0.25) is 4.48 Å². The zero-order valence-corrected chi connectivity index (χ0v) is 16.2. The number of carbonyl (C=O) groups is 2. The number of ether oxygens (including phenoxy) is 2. The number of nitrogens with zero attached hydrogens (tertiary/aromatic N) is 1. The minimum atomic E-state index is -0.909. The maximum absolute atomic E-state index is 12.5. The smallest absolute Gasteiger partial charge is 0.377 e. The summed E-state index contributed by atoms with van der Waals surface area (Å²) in [5.41, 5.74) is 2.49. The van der Waals surface area contributed by atoms with Crippen LogP contribution in [0.5, 0.6) is 0 Å². The summed E-state index contributed by atoms with van der Waals surface area (Å²) < 4.78 is 10.7. The molecule has 1 aliphatic heterocycles. The van der Waals surface area contributed by atoms with E-state index in [0.717, 1.165) is 13.0 Å². The van der Waals surface area contributed by atoms with Crippen LogP contribution in [0.3, 0.4) is 0 Å². The van der Waals surface area contributed by atoms with Crippen LogP contribution in [0.15, 0.2) is 24.3 Å². The molecule has 0 radical (unpaired) electrons. The highest BCUT2D eigenvalue weighted by atomic mass is 79.9. The average Bonchev–Trinajstić information content (AvgIpc) is 2.55. The van der Waals surface area contributed by atoms with Gasteiger partial charge in [-0.2, -0.15) is 0 Å². The highest BCUT2D eigenvalue weighted by Gasteiger charge is 2.49. The first kappa shape index (κ1) is 20.6. The van der Waals surface area contributed by atoms with Gasteiger partial charge in [-0.1, -0.05) is 24.3 Å². The first-order chi connectivity index (χ1) is 11.1. The summed E-state index contributed by atoms with van der Waals surface area (Å²) in [4.78, 5) is 25.0. The van der Waals surface area contributed by atoms with E-state index in [2.05, 4.69) is 12.1 Å². The van der Waals surface area contributed by atoms with Crippen molar-refractivity contribution in [3.63, 3.8) is 0 Å². The molecule has 2 rings (SSSR count). The van der Waals surface area contributed by atoms with E-state index in [-0.39, 0.29) is 30.2 Å². The van der Waals surface area contributed by atoms with E-state index in [1.54, 1.807) is 13.8 Å². The van der Waals surface area contributed by atoms with Crippen LogP contribution in [0.1, 0.15) is 31.9 Å². The number of esters is 2. The quantitative estimate of drug-likeness (QED) is 0.352. The highest BCUT2D eigenvalue weighted by molar-refractivity contribution is 5.97. The summed E-state index contributed by atoms with van der Waals surface area (Å²) in [6, 6.07) is 7.30. The van der Waals surface area contributed by atoms with E-state index in [1.165, 1.54) is 11.1 Å². The van der Waals surface area contributed by atoms with Crippen molar-refractivity contribution in [2.24, 2.45) is 0 Å². The van der Waals surface area contributed by atoms with Gasteiger partial charge in [0.2, 0.25) is 0 Å². The lowest BCUT2D eigenvalue weighted by atomic mass is 9.95. The summed E-state index contributed by atoms with van der Waals surface area (Å²) in [5.74, 6) is -0.959. The maximum atomic E-state index is 12.5. The van der Waals surface area contributed by atoms with Crippen LogP contribution >= 0.6 is 0 Å². The zero-order chi connectivity index (χ0) is 16.9. The standard InChI is InChI=1S/C18H26NO4.BrH/c1-4-19(12-11-14-9-7-8-10-15(14)13-19)16(17(20)22-5-2)18(21)23-6-3;/h7-10,16H,4-6,11-13H2,1-3H3;1H/q+1;/p-1. The summed E-state index contributed by atoms with van der Waals surface area (Å²) in [6.45, 7) is 8.09. The number of quaternary nitrogens is 1. The van der Waals surface area contributed by atoms with E-state index in [0.29, 0.717) is 17.6 Å². The van der Waals surface area contributed by atoms with Gasteiger partial charge >= 0.3 is 11.9 Å². The Morgan fingerprint density at radius 1 is 1.04 bits per heavy atom. The molecule has 1 aromatic rings. The van der Waals surface area contributed by atoms with Gasteiger partial charge in [0.05, 0.1) is 26.3 Å². The molecular weight excluding hydrogens is 374 g/mol. The van der Waals surface area contributed by atoms with Crippen LogP contribution in [0, 0.1) is 0 Å². The normalized spacial score (nSPS) is 19.2. The van der Waals surface area contributed by atoms with Gasteiger partial charge in [-0.15, -0.1) is 0 Å². The fraction of sp³-hybridized carbons (Fsp3) is 0.556. The van der Waals surface area contributed by atoms with Gasteiger partial charge in [0, 0.05) is 12.0 Å². The minimum Gasteiger partial charge on any atom is -1.00 e. The molecule has 0 fully saturated rings. The van der Waals surface area contributed by atoms with Gasteiger partial charge in [-0.05, 0) is 26.3 Å². The molecule has 0 aliphatic carbocycles. The molecule has 0 saturated heterocycles. The molecule has 0 saturated carbocycles. The lowest BCUT2D eigenvalue weighted by molar-refractivity contribution is -0.948. The van der Waals surface area contributed by atoms with Gasteiger partial charge < -0.3 is 26.5 Å². The van der Waals surface area contributed by atoms with Gasteiger partial charge in [0.25, 0.3) is 6.04 Å². The Morgan fingerprint density at radius 2 is 1.58 bits per heavy atom. The molecule has 6 heteroatoms. The van der Waals surface area contributed by atoms with Gasteiger partial charge in [0.15, 0.2) is 0 Å². The van der Waals surface area contributed by atoms with Crippen LogP contribution in [0.2, 0.25) is 0 Å². The number of rotatable bonds is 6. The molecule has 1 atom stereocenters. The Morgan fingerprint density at radius 3 is 2.08 bits per heavy atom. The molecule has 1 unspecified atom stereocenters. The van der Waals surface area contributed by atoms with Crippen molar-refractivity contribution < 1.29 is 40.5 Å². The Bertz CT molecular complexity index is 560. The molecule has 0 spiro atoms. The molecule has 5 nitrogen and oxygen atoms in total. The van der Waals surface area contributed by atoms with E-state index < -0.39 is 18.0 Å². The maximum Gasteiger partial charge on any atom is 0.377 e.